The summed E-state index contributed by atoms with van der Waals surface area (Å²) in [5, 5.41) is 0.117. The van der Waals surface area contributed by atoms with E-state index in [-0.39, 0.29) is 16.0 Å². The summed E-state index contributed by atoms with van der Waals surface area (Å²) in [6, 6.07) is 2.00. The summed E-state index contributed by atoms with van der Waals surface area (Å²) < 4.78 is 43.4. The van der Waals surface area contributed by atoms with E-state index < -0.39 is 20.7 Å². The minimum atomic E-state index is -4.11. The molecule has 10 heteroatoms. The van der Waals surface area contributed by atoms with Crippen LogP contribution in [0, 0.1) is 5.82 Å². The van der Waals surface area contributed by atoms with Crippen LogP contribution in [0.3, 0.4) is 0 Å². The van der Waals surface area contributed by atoms with Crippen molar-refractivity contribution in [3.05, 3.63) is 34.9 Å². The fourth-order valence-corrected chi connectivity index (χ4v) is 3.60. The molecule has 0 aliphatic carbocycles. The van der Waals surface area contributed by atoms with Gasteiger partial charge in [-0.3, -0.25) is 4.72 Å². The van der Waals surface area contributed by atoms with E-state index in [1.54, 1.807) is 0 Å². The van der Waals surface area contributed by atoms with Crippen LogP contribution in [-0.2, 0) is 15.9 Å². The summed E-state index contributed by atoms with van der Waals surface area (Å²) in [5.41, 5.74) is 0.315. The Kier molecular flexibility index (Phi) is 4.24. The number of rotatable bonds is 4. The molecule has 1 aromatic carbocycles. The highest BCUT2D eigenvalue weighted by molar-refractivity contribution is 7.93. The summed E-state index contributed by atoms with van der Waals surface area (Å²) in [5.74, 6) is -0.947. The van der Waals surface area contributed by atoms with Crippen LogP contribution < -0.4 is 4.72 Å². The number of alkyl halides is 1. The van der Waals surface area contributed by atoms with Gasteiger partial charge in [-0.25, -0.2) is 17.8 Å². The lowest BCUT2D eigenvalue weighted by molar-refractivity contribution is 0.569. The molecule has 0 bridgehead atoms. The number of hydrogen-bond donors (Lipinski definition) is 1. The van der Waals surface area contributed by atoms with Gasteiger partial charge in [-0.2, -0.15) is 4.37 Å². The predicted octanol–water partition coefficient (Wildman–Crippen LogP) is 2.87. The third-order valence-corrected chi connectivity index (χ3v) is 4.82. The molecule has 2 rings (SSSR count). The van der Waals surface area contributed by atoms with Gasteiger partial charge in [0, 0.05) is 22.4 Å². The molecule has 0 unspecified atom stereocenters. The zero-order valence-electron chi connectivity index (χ0n) is 9.10. The van der Waals surface area contributed by atoms with Crippen molar-refractivity contribution in [2.75, 3.05) is 4.72 Å². The number of anilines is 1. The van der Waals surface area contributed by atoms with Gasteiger partial charge in [-0.1, -0.05) is 11.6 Å². The predicted molar refractivity (Wildman–Crippen MR) is 71.7 cm³/mol. The highest BCUT2D eigenvalue weighted by atomic mass is 35.5. The number of sulfonamides is 1. The Bertz CT molecular complexity index is 692. The van der Waals surface area contributed by atoms with Crippen molar-refractivity contribution < 1.29 is 12.8 Å². The molecule has 5 nitrogen and oxygen atoms in total. The number of aromatic nitrogens is 2. The Balaban J connectivity index is 2.43. The lowest BCUT2D eigenvalue weighted by Crippen LogP contribution is -2.14. The third-order valence-electron chi connectivity index (χ3n) is 2.12. The molecule has 2 aromatic rings. The highest BCUT2D eigenvalue weighted by Crippen LogP contribution is 2.26. The molecule has 1 N–H and O–H groups in total. The van der Waals surface area contributed by atoms with E-state index in [1.807, 2.05) is 0 Å². The Morgan fingerprint density at radius 3 is 2.74 bits per heavy atom. The average Bonchev–Trinajstić information content (AvgIpc) is 2.83. The fraction of sp³-hybridized carbons (Fsp3) is 0.111. The second kappa shape index (κ2) is 5.58. The van der Waals surface area contributed by atoms with E-state index in [4.69, 9.17) is 23.2 Å². The summed E-state index contributed by atoms with van der Waals surface area (Å²) in [7, 11) is -4.11. The summed E-state index contributed by atoms with van der Waals surface area (Å²) >= 11 is 12.2. The SMILES string of the molecule is O=S(=O)(Nc1ncns1)c1cc(Cl)c(CCl)cc1F. The maximum absolute atomic E-state index is 13.8. The summed E-state index contributed by atoms with van der Waals surface area (Å²) in [6.45, 7) is 0. The van der Waals surface area contributed by atoms with Crippen LogP contribution in [-0.4, -0.2) is 17.8 Å². The number of benzene rings is 1. The molecule has 0 spiro atoms. The van der Waals surface area contributed by atoms with Crippen LogP contribution >= 0.6 is 34.7 Å². The van der Waals surface area contributed by atoms with Gasteiger partial charge in [0.2, 0.25) is 5.13 Å². The second-order valence-electron chi connectivity index (χ2n) is 3.36. The molecule has 19 heavy (non-hydrogen) atoms. The summed E-state index contributed by atoms with van der Waals surface area (Å²) in [4.78, 5) is 3.09. The van der Waals surface area contributed by atoms with E-state index in [0.717, 1.165) is 23.7 Å². The molecule has 0 aliphatic heterocycles. The van der Waals surface area contributed by atoms with Gasteiger partial charge < -0.3 is 0 Å². The average molecular weight is 342 g/mol. The first-order valence-electron chi connectivity index (χ1n) is 4.77. The van der Waals surface area contributed by atoms with Crippen LogP contribution in [0.25, 0.3) is 0 Å². The van der Waals surface area contributed by atoms with Gasteiger partial charge in [-0.15, -0.1) is 11.6 Å². The van der Waals surface area contributed by atoms with E-state index >= 15 is 0 Å². The lowest BCUT2D eigenvalue weighted by Gasteiger charge is -2.08. The first-order chi connectivity index (χ1) is 8.94. The van der Waals surface area contributed by atoms with Crippen LogP contribution in [0.2, 0.25) is 5.02 Å². The molecule has 0 radical (unpaired) electrons. The van der Waals surface area contributed by atoms with E-state index in [2.05, 4.69) is 14.1 Å². The molecular weight excluding hydrogens is 336 g/mol. The molecule has 0 saturated carbocycles. The smallest absolute Gasteiger partial charge is 0.253 e. The third kappa shape index (κ3) is 3.14. The maximum atomic E-state index is 13.8. The van der Waals surface area contributed by atoms with Gasteiger partial charge in [0.15, 0.2) is 0 Å². The molecule has 0 atom stereocenters. The second-order valence-corrected chi connectivity index (χ2v) is 6.46. The Hall–Kier alpha value is -0.960. The Morgan fingerprint density at radius 1 is 1.42 bits per heavy atom. The van der Waals surface area contributed by atoms with Gasteiger partial charge in [-0.05, 0) is 17.7 Å². The van der Waals surface area contributed by atoms with Crippen LogP contribution in [0.15, 0.2) is 23.4 Å². The molecule has 1 heterocycles. The van der Waals surface area contributed by atoms with Crippen molar-refractivity contribution in [1.82, 2.24) is 9.36 Å². The van der Waals surface area contributed by atoms with Crippen LogP contribution in [0.5, 0.6) is 0 Å². The van der Waals surface area contributed by atoms with Gasteiger partial charge in [0.05, 0.1) is 0 Å². The molecule has 0 saturated heterocycles. The maximum Gasteiger partial charge on any atom is 0.266 e. The van der Waals surface area contributed by atoms with Gasteiger partial charge in [0.1, 0.15) is 17.0 Å². The van der Waals surface area contributed by atoms with Crippen molar-refractivity contribution in [2.24, 2.45) is 0 Å². The topological polar surface area (TPSA) is 72.0 Å². The standard InChI is InChI=1S/C9H6Cl2FN3O2S2/c10-3-5-1-7(12)8(2-6(5)11)19(16,17)15-9-13-4-14-18-9/h1-2,4H,3H2,(H,13,14,15). The van der Waals surface area contributed by atoms with Crippen molar-refractivity contribution in [1.29, 1.82) is 0 Å². The van der Waals surface area contributed by atoms with Crippen LogP contribution in [0.4, 0.5) is 9.52 Å². The van der Waals surface area contributed by atoms with E-state index in [1.165, 1.54) is 6.33 Å². The van der Waals surface area contributed by atoms with Crippen molar-refractivity contribution >= 4 is 49.9 Å². The fourth-order valence-electron chi connectivity index (χ4n) is 1.27. The van der Waals surface area contributed by atoms with Crippen molar-refractivity contribution in [2.45, 2.75) is 10.8 Å². The van der Waals surface area contributed by atoms with E-state index in [0.29, 0.717) is 5.56 Å². The van der Waals surface area contributed by atoms with Crippen LogP contribution in [0.1, 0.15) is 5.56 Å². The zero-order valence-corrected chi connectivity index (χ0v) is 12.2. The molecule has 0 fully saturated rings. The molecular formula is C9H6Cl2FN3O2S2. The largest absolute Gasteiger partial charge is 0.266 e. The molecule has 0 amide bonds. The minimum Gasteiger partial charge on any atom is -0.253 e. The number of nitrogens with one attached hydrogen (secondary N) is 1. The first kappa shape index (κ1) is 14.4. The minimum absolute atomic E-state index is 0.0140. The highest BCUT2D eigenvalue weighted by Gasteiger charge is 2.22. The monoisotopic (exact) mass is 341 g/mol. The van der Waals surface area contributed by atoms with E-state index in [9.17, 15) is 12.8 Å². The first-order valence-corrected chi connectivity index (χ1v) is 7.94. The van der Waals surface area contributed by atoms with Gasteiger partial charge >= 0.3 is 0 Å². The van der Waals surface area contributed by atoms with Crippen molar-refractivity contribution in [3.63, 3.8) is 0 Å². The Labute approximate surface area is 122 Å². The lowest BCUT2D eigenvalue weighted by atomic mass is 10.2. The van der Waals surface area contributed by atoms with Crippen molar-refractivity contribution in [3.8, 4) is 0 Å². The summed E-state index contributed by atoms with van der Waals surface area (Å²) in [6.07, 6.45) is 1.18. The molecule has 102 valence electrons. The number of nitrogens with zero attached hydrogens (tertiary/aromatic N) is 2. The molecule has 0 aliphatic rings. The molecule has 1 aromatic heterocycles. The quantitative estimate of drug-likeness (QED) is 0.868. The number of hydrogen-bond acceptors (Lipinski definition) is 5. The van der Waals surface area contributed by atoms with Gasteiger partial charge in [0.25, 0.3) is 10.0 Å². The Morgan fingerprint density at radius 2 is 2.16 bits per heavy atom. The normalized spacial score (nSPS) is 11.5. The number of halogens is 3. The zero-order chi connectivity index (χ0) is 14.0.